The van der Waals surface area contributed by atoms with Gasteiger partial charge in [-0.1, -0.05) is 41.9 Å². The lowest BCUT2D eigenvalue weighted by molar-refractivity contribution is 0.0857. The van der Waals surface area contributed by atoms with Crippen molar-refractivity contribution in [3.8, 4) is 11.3 Å². The van der Waals surface area contributed by atoms with Crippen molar-refractivity contribution < 1.29 is 4.79 Å². The molecule has 0 bridgehead atoms. The summed E-state index contributed by atoms with van der Waals surface area (Å²) in [4.78, 5) is 24.4. The number of halogens is 1. The number of hydrogen-bond donors (Lipinski definition) is 0. The van der Waals surface area contributed by atoms with Crippen molar-refractivity contribution in [3.63, 3.8) is 0 Å². The lowest BCUT2D eigenvalue weighted by atomic mass is 9.98. The summed E-state index contributed by atoms with van der Waals surface area (Å²) in [6.07, 6.45) is 0.885. The molecule has 4 nitrogen and oxygen atoms in total. The molecule has 3 aromatic rings. The average molecular weight is 348 g/mol. The lowest BCUT2D eigenvalue weighted by Crippen LogP contribution is -2.34. The van der Waals surface area contributed by atoms with Crippen LogP contribution < -0.4 is 0 Å². The Morgan fingerprint density at radius 2 is 1.88 bits per heavy atom. The predicted octanol–water partition coefficient (Wildman–Crippen LogP) is 4.16. The van der Waals surface area contributed by atoms with Gasteiger partial charge in [0.05, 0.1) is 22.3 Å². The van der Waals surface area contributed by atoms with Gasteiger partial charge in [-0.05, 0) is 24.6 Å². The molecular formula is C20H14ClN3O. The van der Waals surface area contributed by atoms with E-state index in [9.17, 15) is 4.79 Å². The Balaban J connectivity index is 1.92. The highest BCUT2D eigenvalue weighted by atomic mass is 35.5. The Morgan fingerprint density at radius 3 is 2.72 bits per heavy atom. The zero-order valence-electron chi connectivity index (χ0n) is 13.4. The molecule has 0 radical (unpaired) electrons. The number of pyridine rings is 1. The van der Waals surface area contributed by atoms with E-state index in [1.165, 1.54) is 0 Å². The molecular weight excluding hydrogens is 334 g/mol. The summed E-state index contributed by atoms with van der Waals surface area (Å²) in [7, 11) is 0. The highest BCUT2D eigenvalue weighted by Gasteiger charge is 2.39. The van der Waals surface area contributed by atoms with Crippen LogP contribution in [0.2, 0.25) is 5.02 Å². The number of benzene rings is 2. The predicted molar refractivity (Wildman–Crippen MR) is 99.2 cm³/mol. The van der Waals surface area contributed by atoms with E-state index < -0.39 is 0 Å². The molecule has 25 heavy (non-hydrogen) atoms. The molecule has 0 spiro atoms. The third-order valence-corrected chi connectivity index (χ3v) is 4.97. The minimum absolute atomic E-state index is 0.000276. The minimum atomic E-state index is 0.000276. The van der Waals surface area contributed by atoms with E-state index in [1.807, 2.05) is 48.5 Å². The largest absolute Gasteiger partial charge is 0.292 e. The van der Waals surface area contributed by atoms with Crippen LogP contribution in [0.1, 0.15) is 22.3 Å². The van der Waals surface area contributed by atoms with E-state index in [-0.39, 0.29) is 5.91 Å². The second-order valence-corrected chi connectivity index (χ2v) is 6.69. The molecule has 0 atom stereocenters. The van der Waals surface area contributed by atoms with Gasteiger partial charge in [0.1, 0.15) is 5.84 Å². The van der Waals surface area contributed by atoms with E-state index >= 15 is 0 Å². The molecule has 1 amide bonds. The molecule has 0 fully saturated rings. The zero-order chi connectivity index (χ0) is 17.0. The fourth-order valence-corrected chi connectivity index (χ4v) is 3.80. The van der Waals surface area contributed by atoms with Crippen LogP contribution in [0.25, 0.3) is 22.2 Å². The molecule has 0 saturated carbocycles. The summed E-state index contributed by atoms with van der Waals surface area (Å²) in [5.41, 5.74) is 4.08. The fraction of sp³-hybridized carbons (Fsp3) is 0.150. The first-order chi connectivity index (χ1) is 12.2. The maximum absolute atomic E-state index is 13.1. The van der Waals surface area contributed by atoms with Crippen LogP contribution >= 0.6 is 11.6 Å². The van der Waals surface area contributed by atoms with Gasteiger partial charge in [0.25, 0.3) is 5.91 Å². The third kappa shape index (κ3) is 2.11. The Bertz CT molecular complexity index is 1060. The summed E-state index contributed by atoms with van der Waals surface area (Å²) >= 11 is 6.19. The van der Waals surface area contributed by atoms with Crippen LogP contribution in [0.3, 0.4) is 0 Å². The maximum Gasteiger partial charge on any atom is 0.260 e. The zero-order valence-corrected chi connectivity index (χ0v) is 14.1. The first-order valence-corrected chi connectivity index (χ1v) is 8.67. The minimum Gasteiger partial charge on any atom is -0.292 e. The van der Waals surface area contributed by atoms with Crippen LogP contribution in [-0.2, 0) is 0 Å². The molecule has 0 unspecified atom stereocenters. The first kappa shape index (κ1) is 14.6. The van der Waals surface area contributed by atoms with Gasteiger partial charge in [0.2, 0.25) is 0 Å². The molecule has 0 saturated heterocycles. The Hall–Kier alpha value is -2.72. The molecule has 3 heterocycles. The van der Waals surface area contributed by atoms with Gasteiger partial charge in [-0.15, -0.1) is 0 Å². The third-order valence-electron chi connectivity index (χ3n) is 4.73. The van der Waals surface area contributed by atoms with Crippen molar-refractivity contribution >= 4 is 34.2 Å². The number of rotatable bonds is 1. The number of fused-ring (bicyclic) bond motifs is 5. The SMILES string of the molecule is O=C1c2c(c(-c3ccccc3)nc3ccc(Cl)cc23)C2=NCCCN12. The van der Waals surface area contributed by atoms with Crippen molar-refractivity contribution in [1.29, 1.82) is 0 Å². The van der Waals surface area contributed by atoms with E-state index in [0.29, 0.717) is 17.1 Å². The van der Waals surface area contributed by atoms with E-state index in [1.54, 1.807) is 4.90 Å². The maximum atomic E-state index is 13.1. The van der Waals surface area contributed by atoms with Crippen molar-refractivity contribution in [2.75, 3.05) is 13.1 Å². The van der Waals surface area contributed by atoms with Crippen molar-refractivity contribution in [2.45, 2.75) is 6.42 Å². The number of hydrogen-bond acceptors (Lipinski definition) is 3. The topological polar surface area (TPSA) is 45.6 Å². The molecule has 5 rings (SSSR count). The molecule has 122 valence electrons. The number of nitrogens with zero attached hydrogens (tertiary/aromatic N) is 3. The Morgan fingerprint density at radius 1 is 1.04 bits per heavy atom. The number of aromatic nitrogens is 1. The Kier molecular flexibility index (Phi) is 3.15. The van der Waals surface area contributed by atoms with Crippen LogP contribution in [0.5, 0.6) is 0 Å². The summed E-state index contributed by atoms with van der Waals surface area (Å²) in [6.45, 7) is 1.43. The van der Waals surface area contributed by atoms with Gasteiger partial charge in [0, 0.05) is 29.1 Å². The number of amides is 1. The summed E-state index contributed by atoms with van der Waals surface area (Å²) < 4.78 is 0. The van der Waals surface area contributed by atoms with Gasteiger partial charge < -0.3 is 0 Å². The molecule has 2 aromatic carbocycles. The van der Waals surface area contributed by atoms with E-state index in [0.717, 1.165) is 46.5 Å². The quantitative estimate of drug-likeness (QED) is 0.663. The van der Waals surface area contributed by atoms with Crippen molar-refractivity contribution in [1.82, 2.24) is 9.88 Å². The van der Waals surface area contributed by atoms with Crippen LogP contribution in [-0.4, -0.2) is 34.7 Å². The number of carbonyl (C=O) groups is 1. The van der Waals surface area contributed by atoms with Crippen molar-refractivity contribution in [3.05, 3.63) is 64.7 Å². The molecule has 0 N–H and O–H groups in total. The molecule has 5 heteroatoms. The highest BCUT2D eigenvalue weighted by molar-refractivity contribution is 6.33. The smallest absolute Gasteiger partial charge is 0.260 e. The summed E-state index contributed by atoms with van der Waals surface area (Å²) in [5.74, 6) is 0.750. The number of amidine groups is 1. The fourth-order valence-electron chi connectivity index (χ4n) is 3.63. The number of carbonyl (C=O) groups excluding carboxylic acids is 1. The molecule has 1 aromatic heterocycles. The number of aliphatic imine (C=N–C) groups is 1. The monoisotopic (exact) mass is 347 g/mol. The van der Waals surface area contributed by atoms with Gasteiger partial charge in [-0.3, -0.25) is 14.7 Å². The van der Waals surface area contributed by atoms with Crippen LogP contribution in [0.4, 0.5) is 0 Å². The molecule has 2 aliphatic rings. The van der Waals surface area contributed by atoms with Crippen molar-refractivity contribution in [2.24, 2.45) is 4.99 Å². The standard InChI is InChI=1S/C20H14ClN3O/c21-13-7-8-15-14(11-13)16-17(18(23-15)12-5-2-1-3-6-12)19-22-9-4-10-24(19)20(16)25/h1-3,5-8,11H,4,9-10H2. The van der Waals surface area contributed by atoms with Gasteiger partial charge >= 0.3 is 0 Å². The molecule has 2 aliphatic heterocycles. The van der Waals surface area contributed by atoms with Crippen LogP contribution in [0, 0.1) is 0 Å². The first-order valence-electron chi connectivity index (χ1n) is 8.29. The molecule has 0 aliphatic carbocycles. The van der Waals surface area contributed by atoms with Gasteiger partial charge in [-0.2, -0.15) is 0 Å². The van der Waals surface area contributed by atoms with Gasteiger partial charge in [0.15, 0.2) is 0 Å². The van der Waals surface area contributed by atoms with Crippen LogP contribution in [0.15, 0.2) is 53.5 Å². The van der Waals surface area contributed by atoms with E-state index in [2.05, 4.69) is 4.99 Å². The highest BCUT2D eigenvalue weighted by Crippen LogP contribution is 2.38. The second kappa shape index (κ2) is 5.39. The summed E-state index contributed by atoms with van der Waals surface area (Å²) in [6, 6.07) is 15.5. The lowest BCUT2D eigenvalue weighted by Gasteiger charge is -2.21. The van der Waals surface area contributed by atoms with E-state index in [4.69, 9.17) is 16.6 Å². The Labute approximate surface area is 149 Å². The summed E-state index contributed by atoms with van der Waals surface area (Å²) in [5, 5.41) is 1.40. The average Bonchev–Trinajstić information content (AvgIpc) is 2.96. The normalized spacial score (nSPS) is 16.0. The van der Waals surface area contributed by atoms with Gasteiger partial charge in [-0.25, -0.2) is 4.98 Å². The second-order valence-electron chi connectivity index (χ2n) is 6.25.